The van der Waals surface area contributed by atoms with Crippen LogP contribution in [0.15, 0.2) is 61.9 Å². The van der Waals surface area contributed by atoms with Gasteiger partial charge in [0.25, 0.3) is 0 Å². The summed E-state index contributed by atoms with van der Waals surface area (Å²) in [4.78, 5) is 27.1. The van der Waals surface area contributed by atoms with Crippen molar-refractivity contribution in [3.05, 3.63) is 83.1 Å². The molecule has 0 saturated heterocycles. The van der Waals surface area contributed by atoms with E-state index in [1.807, 2.05) is 18.2 Å². The Morgan fingerprint density at radius 1 is 0.868 bits per heavy atom. The van der Waals surface area contributed by atoms with Crippen LogP contribution in [0.3, 0.4) is 0 Å². The van der Waals surface area contributed by atoms with Gasteiger partial charge < -0.3 is 9.47 Å². The minimum absolute atomic E-state index is 0.0374. The second-order valence-corrected chi connectivity index (χ2v) is 14.5. The Kier molecular flexibility index (Phi) is 7.43. The van der Waals surface area contributed by atoms with Crippen molar-refractivity contribution in [2.45, 2.75) is 65.9 Å². The number of ether oxygens (including phenoxy) is 2. The highest BCUT2D eigenvalue weighted by Gasteiger charge is 2.48. The molecule has 38 heavy (non-hydrogen) atoms. The Hall–Kier alpha value is -1.60. The molecule has 1 aliphatic heterocycles. The maximum atomic E-state index is 13.5. The average Bonchev–Trinajstić information content (AvgIpc) is 2.76. The van der Waals surface area contributed by atoms with E-state index in [-0.39, 0.29) is 29.0 Å². The average molecular weight is 683 g/mol. The first-order valence-corrected chi connectivity index (χ1v) is 14.8. The van der Waals surface area contributed by atoms with Crippen LogP contribution in [0.1, 0.15) is 70.4 Å². The van der Waals surface area contributed by atoms with Crippen molar-refractivity contribution < 1.29 is 19.1 Å². The number of carbonyl (C=O) groups is 2. The third kappa shape index (κ3) is 5.39. The third-order valence-electron chi connectivity index (χ3n) is 7.32. The van der Waals surface area contributed by atoms with Crippen LogP contribution in [0.2, 0.25) is 10.0 Å². The SMILES string of the molecule is CC1(C)CC(=O)C2=C(C1)OC1=C(C(=O)CC(C)(C)C1)C2c1cc(Br)c(OCc2ccc(Cl)cc2Cl)c(Br)c1. The van der Waals surface area contributed by atoms with E-state index in [1.165, 1.54) is 0 Å². The zero-order valence-electron chi connectivity index (χ0n) is 21.6. The van der Waals surface area contributed by atoms with Crippen LogP contribution >= 0.6 is 55.1 Å². The minimum atomic E-state index is -0.478. The number of benzene rings is 2. The van der Waals surface area contributed by atoms with Crippen LogP contribution in [-0.4, -0.2) is 11.6 Å². The fraction of sp³-hybridized carbons (Fsp3) is 0.400. The normalized spacial score (nSPS) is 20.7. The Morgan fingerprint density at radius 3 is 1.89 bits per heavy atom. The number of rotatable bonds is 4. The number of hydrogen-bond acceptors (Lipinski definition) is 4. The van der Waals surface area contributed by atoms with Crippen LogP contribution in [0, 0.1) is 10.8 Å². The molecule has 2 aliphatic carbocycles. The molecule has 200 valence electrons. The summed E-state index contributed by atoms with van der Waals surface area (Å²) in [5, 5.41) is 1.09. The van der Waals surface area contributed by atoms with E-state index in [9.17, 15) is 9.59 Å². The molecule has 8 heteroatoms. The Bertz CT molecular complexity index is 1360. The van der Waals surface area contributed by atoms with Gasteiger partial charge in [0.15, 0.2) is 11.6 Å². The molecule has 2 aromatic carbocycles. The summed E-state index contributed by atoms with van der Waals surface area (Å²) >= 11 is 19.7. The van der Waals surface area contributed by atoms with Crippen molar-refractivity contribution in [1.82, 2.24) is 0 Å². The van der Waals surface area contributed by atoms with Crippen LogP contribution < -0.4 is 4.74 Å². The summed E-state index contributed by atoms with van der Waals surface area (Å²) in [7, 11) is 0. The smallest absolute Gasteiger partial charge is 0.163 e. The molecule has 4 nitrogen and oxygen atoms in total. The molecule has 0 atom stereocenters. The van der Waals surface area contributed by atoms with E-state index in [0.29, 0.717) is 73.1 Å². The summed E-state index contributed by atoms with van der Waals surface area (Å²) in [6, 6.07) is 9.16. The lowest BCUT2D eigenvalue weighted by Crippen LogP contribution is -2.37. The first-order valence-electron chi connectivity index (χ1n) is 12.5. The maximum absolute atomic E-state index is 13.5. The van der Waals surface area contributed by atoms with Gasteiger partial charge in [0.2, 0.25) is 0 Å². The van der Waals surface area contributed by atoms with Gasteiger partial charge >= 0.3 is 0 Å². The lowest BCUT2D eigenvalue weighted by molar-refractivity contribution is -0.120. The summed E-state index contributed by atoms with van der Waals surface area (Å²) in [6.45, 7) is 8.58. The summed E-state index contributed by atoms with van der Waals surface area (Å²) in [5.74, 6) is 1.59. The van der Waals surface area contributed by atoms with E-state index >= 15 is 0 Å². The first kappa shape index (κ1) is 27.9. The number of carbonyl (C=O) groups excluding carboxylic acids is 2. The maximum Gasteiger partial charge on any atom is 0.163 e. The van der Waals surface area contributed by atoms with Gasteiger partial charge in [0.1, 0.15) is 23.9 Å². The molecule has 0 fully saturated rings. The highest BCUT2D eigenvalue weighted by Crippen LogP contribution is 2.54. The predicted octanol–water partition coefficient (Wildman–Crippen LogP) is 9.50. The first-order chi connectivity index (χ1) is 17.7. The highest BCUT2D eigenvalue weighted by atomic mass is 79.9. The van der Waals surface area contributed by atoms with Crippen LogP contribution in [-0.2, 0) is 20.9 Å². The molecule has 0 spiro atoms. The second-order valence-electron chi connectivity index (χ2n) is 11.9. The van der Waals surface area contributed by atoms with Gasteiger partial charge in [-0.25, -0.2) is 0 Å². The predicted molar refractivity (Wildman–Crippen MR) is 157 cm³/mol. The number of halogens is 4. The summed E-state index contributed by atoms with van der Waals surface area (Å²) in [6.07, 6.45) is 2.14. The summed E-state index contributed by atoms with van der Waals surface area (Å²) in [5.41, 5.74) is 2.46. The van der Waals surface area contributed by atoms with Gasteiger partial charge in [-0.2, -0.15) is 0 Å². The van der Waals surface area contributed by atoms with Crippen molar-refractivity contribution in [2.75, 3.05) is 0 Å². The molecule has 3 aliphatic rings. The molecule has 0 N–H and O–H groups in total. The lowest BCUT2D eigenvalue weighted by atomic mass is 9.65. The molecule has 1 heterocycles. The monoisotopic (exact) mass is 680 g/mol. The third-order valence-corrected chi connectivity index (χ3v) is 9.09. The van der Waals surface area contributed by atoms with Crippen LogP contribution in [0.4, 0.5) is 0 Å². The zero-order chi connectivity index (χ0) is 27.6. The van der Waals surface area contributed by atoms with E-state index in [4.69, 9.17) is 32.7 Å². The Labute approximate surface area is 250 Å². The van der Waals surface area contributed by atoms with Crippen molar-refractivity contribution in [3.8, 4) is 5.75 Å². The van der Waals surface area contributed by atoms with Crippen molar-refractivity contribution in [2.24, 2.45) is 10.8 Å². The number of allylic oxidation sites excluding steroid dienone is 4. The van der Waals surface area contributed by atoms with Crippen molar-refractivity contribution >= 4 is 66.6 Å². The largest absolute Gasteiger partial charge is 0.486 e. The highest BCUT2D eigenvalue weighted by molar-refractivity contribution is 9.11. The van der Waals surface area contributed by atoms with E-state index in [2.05, 4.69) is 59.6 Å². The van der Waals surface area contributed by atoms with Gasteiger partial charge in [0, 0.05) is 58.4 Å². The molecular formula is C30H28Br2Cl2O4. The van der Waals surface area contributed by atoms with Crippen LogP contribution in [0.5, 0.6) is 5.75 Å². The fourth-order valence-electron chi connectivity index (χ4n) is 5.68. The zero-order valence-corrected chi connectivity index (χ0v) is 26.3. The molecule has 0 unspecified atom stereocenters. The molecule has 0 bridgehead atoms. The van der Waals surface area contributed by atoms with E-state index in [0.717, 1.165) is 11.1 Å². The topological polar surface area (TPSA) is 52.6 Å². The van der Waals surface area contributed by atoms with Gasteiger partial charge in [-0.05, 0) is 72.5 Å². The van der Waals surface area contributed by atoms with Crippen molar-refractivity contribution in [3.63, 3.8) is 0 Å². The number of ketones is 2. The number of hydrogen-bond donors (Lipinski definition) is 0. The summed E-state index contributed by atoms with van der Waals surface area (Å²) < 4.78 is 13.9. The van der Waals surface area contributed by atoms with Gasteiger partial charge in [0.05, 0.1) is 8.95 Å². The molecule has 0 amide bonds. The van der Waals surface area contributed by atoms with E-state index in [1.54, 1.807) is 12.1 Å². The molecular weight excluding hydrogens is 655 g/mol. The molecule has 0 radical (unpaired) electrons. The molecule has 0 aromatic heterocycles. The lowest BCUT2D eigenvalue weighted by Gasteiger charge is -2.42. The van der Waals surface area contributed by atoms with Gasteiger partial charge in [-0.3, -0.25) is 9.59 Å². The Morgan fingerprint density at radius 2 is 1.39 bits per heavy atom. The molecule has 0 saturated carbocycles. The minimum Gasteiger partial charge on any atom is -0.486 e. The van der Waals surface area contributed by atoms with Gasteiger partial charge in [-0.15, -0.1) is 0 Å². The van der Waals surface area contributed by atoms with Crippen molar-refractivity contribution in [1.29, 1.82) is 0 Å². The molecule has 5 rings (SSSR count). The van der Waals surface area contributed by atoms with Gasteiger partial charge in [-0.1, -0.05) is 57.0 Å². The quantitative estimate of drug-likeness (QED) is 0.322. The second kappa shape index (κ2) is 10.1. The van der Waals surface area contributed by atoms with E-state index < -0.39 is 5.92 Å². The van der Waals surface area contributed by atoms with Crippen LogP contribution in [0.25, 0.3) is 0 Å². The molecule has 2 aromatic rings. The Balaban J connectivity index is 1.56. The fourth-order valence-corrected chi connectivity index (χ4v) is 7.59. The standard InChI is InChI=1S/C30H28Br2Cl2O4/c1-29(2)10-21(35)26-23(12-29)38-24-13-30(3,4)11-22(36)27(24)25(26)16-7-18(31)28(19(32)8-16)37-14-15-5-6-17(33)9-20(15)34/h5-9,25H,10-14H2,1-4H3. The number of Topliss-reactive ketones (excluding diaryl/α,β-unsaturated/α-hetero) is 2.